The van der Waals surface area contributed by atoms with Gasteiger partial charge in [-0.05, 0) is 67.1 Å². The minimum atomic E-state index is -0.344. The van der Waals surface area contributed by atoms with Gasteiger partial charge in [-0.15, -0.1) is 0 Å². The largest absolute Gasteiger partial charge is 0.469 e. The van der Waals surface area contributed by atoms with Crippen LogP contribution in [0.4, 0.5) is 16.2 Å². The summed E-state index contributed by atoms with van der Waals surface area (Å²) in [5.74, 6) is 0.413. The van der Waals surface area contributed by atoms with Crippen LogP contribution >= 0.6 is 0 Å². The zero-order valence-electron chi connectivity index (χ0n) is 23.4. The molecule has 0 aliphatic carbocycles. The molecule has 1 aromatic heterocycles. The van der Waals surface area contributed by atoms with E-state index in [0.29, 0.717) is 35.7 Å². The van der Waals surface area contributed by atoms with E-state index in [1.54, 1.807) is 16.7 Å². The fraction of sp³-hybridized carbons (Fsp3) is 0.250. The van der Waals surface area contributed by atoms with Crippen molar-refractivity contribution in [3.05, 3.63) is 111 Å². The van der Waals surface area contributed by atoms with E-state index in [4.69, 9.17) is 4.74 Å². The van der Waals surface area contributed by atoms with Gasteiger partial charge in [-0.3, -0.25) is 14.2 Å². The van der Waals surface area contributed by atoms with Crippen LogP contribution in [0.1, 0.15) is 47.5 Å². The molecule has 0 spiro atoms. The van der Waals surface area contributed by atoms with E-state index in [2.05, 4.69) is 15.6 Å². The first-order valence-electron chi connectivity index (χ1n) is 13.1. The monoisotopic (exact) mass is 538 g/mol. The molecule has 0 unspecified atom stereocenters. The van der Waals surface area contributed by atoms with Crippen molar-refractivity contribution < 1.29 is 14.3 Å². The first-order chi connectivity index (χ1) is 19.2. The lowest BCUT2D eigenvalue weighted by Crippen LogP contribution is -2.27. The van der Waals surface area contributed by atoms with Crippen molar-refractivity contribution in [1.82, 2.24) is 9.55 Å². The summed E-state index contributed by atoms with van der Waals surface area (Å²) in [6.45, 7) is 7.93. The molecule has 3 aromatic carbocycles. The molecule has 0 bridgehead atoms. The van der Waals surface area contributed by atoms with Gasteiger partial charge in [0.1, 0.15) is 5.82 Å². The Balaban J connectivity index is 1.51. The van der Waals surface area contributed by atoms with Gasteiger partial charge in [0, 0.05) is 11.4 Å². The van der Waals surface area contributed by atoms with Crippen LogP contribution in [0, 0.1) is 20.8 Å². The van der Waals surface area contributed by atoms with Crippen LogP contribution in [0.15, 0.2) is 77.6 Å². The molecule has 8 heteroatoms. The molecule has 0 saturated carbocycles. The fourth-order valence-electron chi connectivity index (χ4n) is 4.62. The van der Waals surface area contributed by atoms with E-state index in [9.17, 15) is 14.4 Å². The Bertz CT molecular complexity index is 1570. The highest BCUT2D eigenvalue weighted by Crippen LogP contribution is 2.23. The minimum absolute atomic E-state index is 0.0320. The second-order valence-corrected chi connectivity index (χ2v) is 9.91. The molecule has 8 nitrogen and oxygen atoms in total. The van der Waals surface area contributed by atoms with Gasteiger partial charge in [0.15, 0.2) is 0 Å². The molecular formula is C32H34N4O4. The van der Waals surface area contributed by atoms with Crippen LogP contribution in [0.2, 0.25) is 0 Å². The predicted molar refractivity (Wildman–Crippen MR) is 158 cm³/mol. The number of amides is 2. The number of nitrogens with one attached hydrogen (secondary N) is 2. The lowest BCUT2D eigenvalue weighted by Gasteiger charge is -2.15. The van der Waals surface area contributed by atoms with Crippen molar-refractivity contribution in [2.24, 2.45) is 0 Å². The Morgan fingerprint density at radius 3 is 2.25 bits per heavy atom. The summed E-state index contributed by atoms with van der Waals surface area (Å²) in [7, 11) is 1.39. The molecule has 4 aromatic rings. The molecular weight excluding hydrogens is 504 g/mol. The topological polar surface area (TPSA) is 102 Å². The van der Waals surface area contributed by atoms with E-state index in [1.165, 1.54) is 7.11 Å². The summed E-state index contributed by atoms with van der Waals surface area (Å²) in [4.78, 5) is 42.4. The number of rotatable bonds is 8. The molecule has 4 rings (SSSR count). The van der Waals surface area contributed by atoms with Crippen molar-refractivity contribution in [3.8, 4) is 11.1 Å². The third-order valence-electron chi connectivity index (χ3n) is 6.96. The summed E-state index contributed by atoms with van der Waals surface area (Å²) in [6.07, 6.45) is 0.311. The molecule has 0 saturated heterocycles. The Morgan fingerprint density at radius 2 is 1.60 bits per heavy atom. The SMILES string of the molecule is COC(=O)C[C@@H](C)c1ccc(Cn2c(C)nc(C)c(-c3ccc(NC(=O)Nc4ccccc4C)cc3)c2=O)cc1. The number of benzene rings is 3. The highest BCUT2D eigenvalue weighted by Gasteiger charge is 2.16. The van der Waals surface area contributed by atoms with Gasteiger partial charge in [-0.1, -0.05) is 61.5 Å². The Hall–Kier alpha value is -4.72. The Kier molecular flexibility index (Phi) is 8.79. The number of aromatic nitrogens is 2. The highest BCUT2D eigenvalue weighted by atomic mass is 16.5. The third-order valence-corrected chi connectivity index (χ3v) is 6.96. The molecule has 1 atom stereocenters. The quantitative estimate of drug-likeness (QED) is 0.260. The van der Waals surface area contributed by atoms with Gasteiger partial charge in [0.05, 0.1) is 31.3 Å². The lowest BCUT2D eigenvalue weighted by atomic mass is 9.97. The first-order valence-corrected chi connectivity index (χ1v) is 13.1. The van der Waals surface area contributed by atoms with Gasteiger partial charge in [0.25, 0.3) is 5.56 Å². The number of hydrogen-bond donors (Lipinski definition) is 2. The number of urea groups is 1. The first kappa shape index (κ1) is 28.3. The molecule has 2 N–H and O–H groups in total. The summed E-state index contributed by atoms with van der Waals surface area (Å²) >= 11 is 0. The van der Waals surface area contributed by atoms with E-state index >= 15 is 0 Å². The summed E-state index contributed by atoms with van der Waals surface area (Å²) < 4.78 is 6.44. The van der Waals surface area contributed by atoms with Crippen LogP contribution in [0.25, 0.3) is 11.1 Å². The standard InChI is InChI=1S/C32H34N4O4/c1-20-8-6-7-9-28(20)35-32(39)34-27-16-14-26(15-17-27)30-22(3)33-23(4)36(31(30)38)19-24-10-12-25(13-11-24)21(2)18-29(37)40-5/h6-17,21H,18-19H2,1-5H3,(H2,34,35,39)/t21-/m1/s1. The zero-order valence-corrected chi connectivity index (χ0v) is 23.4. The van der Waals surface area contributed by atoms with Crippen molar-refractivity contribution in [1.29, 1.82) is 0 Å². The third kappa shape index (κ3) is 6.64. The van der Waals surface area contributed by atoms with E-state index in [1.807, 2.05) is 88.4 Å². The molecule has 206 valence electrons. The number of carbonyl (C=O) groups excluding carboxylic acids is 2. The second kappa shape index (κ2) is 12.4. The molecule has 2 amide bonds. The van der Waals surface area contributed by atoms with Gasteiger partial charge in [-0.2, -0.15) is 0 Å². The molecule has 0 aliphatic heterocycles. The number of hydrogen-bond acceptors (Lipinski definition) is 5. The van der Waals surface area contributed by atoms with Gasteiger partial charge in [-0.25, -0.2) is 9.78 Å². The number of esters is 1. The average molecular weight is 539 g/mol. The molecule has 0 aliphatic rings. The van der Waals surface area contributed by atoms with Crippen molar-refractivity contribution in [2.45, 2.75) is 46.6 Å². The highest BCUT2D eigenvalue weighted by molar-refractivity contribution is 6.00. The van der Waals surface area contributed by atoms with Crippen LogP contribution < -0.4 is 16.2 Å². The van der Waals surface area contributed by atoms with E-state index in [0.717, 1.165) is 27.9 Å². The molecule has 40 heavy (non-hydrogen) atoms. The van der Waals surface area contributed by atoms with Gasteiger partial charge >= 0.3 is 12.0 Å². The van der Waals surface area contributed by atoms with Crippen LogP contribution in [0.3, 0.4) is 0 Å². The van der Waals surface area contributed by atoms with Gasteiger partial charge < -0.3 is 15.4 Å². The maximum absolute atomic E-state index is 13.6. The normalized spacial score (nSPS) is 11.5. The Labute approximate surface area is 234 Å². The Morgan fingerprint density at radius 1 is 0.925 bits per heavy atom. The van der Waals surface area contributed by atoms with Crippen molar-refractivity contribution >= 4 is 23.4 Å². The van der Waals surface area contributed by atoms with E-state index < -0.39 is 0 Å². The van der Waals surface area contributed by atoms with Crippen molar-refractivity contribution in [2.75, 3.05) is 17.7 Å². The number of anilines is 2. The van der Waals surface area contributed by atoms with Crippen LogP contribution in [-0.4, -0.2) is 28.7 Å². The average Bonchev–Trinajstić information content (AvgIpc) is 2.93. The van der Waals surface area contributed by atoms with Gasteiger partial charge in [0.2, 0.25) is 0 Å². The predicted octanol–water partition coefficient (Wildman–Crippen LogP) is 6.19. The fourth-order valence-corrected chi connectivity index (χ4v) is 4.62. The zero-order chi connectivity index (χ0) is 28.8. The maximum Gasteiger partial charge on any atom is 0.323 e. The smallest absolute Gasteiger partial charge is 0.323 e. The lowest BCUT2D eigenvalue weighted by molar-refractivity contribution is -0.140. The number of para-hydroxylation sites is 1. The van der Waals surface area contributed by atoms with E-state index in [-0.39, 0.29) is 23.5 Å². The minimum Gasteiger partial charge on any atom is -0.469 e. The van der Waals surface area contributed by atoms with Crippen molar-refractivity contribution in [3.63, 3.8) is 0 Å². The van der Waals surface area contributed by atoms with Crippen LogP contribution in [0.5, 0.6) is 0 Å². The molecule has 1 heterocycles. The number of methoxy groups -OCH3 is 1. The number of carbonyl (C=O) groups is 2. The summed E-state index contributed by atoms with van der Waals surface area (Å²) in [5.41, 5.74) is 6.05. The molecule has 0 fully saturated rings. The number of aryl methyl sites for hydroxylation is 3. The maximum atomic E-state index is 13.6. The van der Waals surface area contributed by atoms with Crippen LogP contribution in [-0.2, 0) is 16.1 Å². The summed E-state index contributed by atoms with van der Waals surface area (Å²) in [5, 5.41) is 5.68. The molecule has 0 radical (unpaired) electrons. The second-order valence-electron chi connectivity index (χ2n) is 9.91. The number of ether oxygens (including phenoxy) is 1. The number of nitrogens with zero attached hydrogens (tertiary/aromatic N) is 2. The summed E-state index contributed by atoms with van der Waals surface area (Å²) in [6, 6.07) is 22.3.